The largest absolute Gasteiger partial charge is 0.493 e. The predicted octanol–water partition coefficient (Wildman–Crippen LogP) is 3.13. The van der Waals surface area contributed by atoms with Gasteiger partial charge >= 0.3 is 0 Å². The van der Waals surface area contributed by atoms with Crippen LogP contribution < -0.4 is 15.8 Å². The molecule has 0 bridgehead atoms. The number of aromatic nitrogens is 1. The summed E-state index contributed by atoms with van der Waals surface area (Å²) in [5.41, 5.74) is 7.00. The third kappa shape index (κ3) is 4.54. The van der Waals surface area contributed by atoms with Crippen LogP contribution in [-0.4, -0.2) is 24.0 Å². The molecule has 1 aromatic carbocycles. The number of carbonyl (C=O) groups is 1. The third-order valence-corrected chi connectivity index (χ3v) is 3.81. The van der Waals surface area contributed by atoms with Gasteiger partial charge in [0.25, 0.3) is 0 Å². The second-order valence-corrected chi connectivity index (χ2v) is 6.18. The number of rotatable bonds is 7. The highest BCUT2D eigenvalue weighted by atomic mass is 32.1. The first-order chi connectivity index (χ1) is 10.6. The summed E-state index contributed by atoms with van der Waals surface area (Å²) in [6.07, 6.45) is 1.00. The summed E-state index contributed by atoms with van der Waals surface area (Å²) in [6.45, 7) is 4.96. The molecule has 5 nitrogen and oxygen atoms in total. The maximum Gasteiger partial charge on any atom is 0.239 e. The van der Waals surface area contributed by atoms with Gasteiger partial charge in [0.2, 0.25) is 5.91 Å². The standard InChI is InChI=1S/C16H21N3O2S/c1-11(2)7-8-21-14-6-4-3-5-12(14)13-10-22-16(18-13)19-15(20)9-17/h3-6,10-11H,7-9,17H2,1-2H3,(H,18,19,20). The molecule has 3 N–H and O–H groups in total. The molecule has 2 rings (SSSR count). The predicted molar refractivity (Wildman–Crippen MR) is 90.2 cm³/mol. The first-order valence-corrected chi connectivity index (χ1v) is 8.15. The van der Waals surface area contributed by atoms with Gasteiger partial charge in [-0.1, -0.05) is 26.0 Å². The van der Waals surface area contributed by atoms with Crippen molar-refractivity contribution in [1.82, 2.24) is 4.98 Å². The SMILES string of the molecule is CC(C)CCOc1ccccc1-c1csc(NC(=O)CN)n1. The molecule has 0 atom stereocenters. The lowest BCUT2D eigenvalue weighted by Crippen LogP contribution is -2.21. The van der Waals surface area contributed by atoms with Gasteiger partial charge in [0.1, 0.15) is 5.75 Å². The van der Waals surface area contributed by atoms with Crippen molar-refractivity contribution < 1.29 is 9.53 Å². The number of para-hydroxylation sites is 1. The van der Waals surface area contributed by atoms with Gasteiger partial charge in [-0.25, -0.2) is 4.98 Å². The van der Waals surface area contributed by atoms with E-state index in [4.69, 9.17) is 10.5 Å². The van der Waals surface area contributed by atoms with Gasteiger partial charge in [-0.3, -0.25) is 4.79 Å². The number of hydrogen-bond donors (Lipinski definition) is 2. The van der Waals surface area contributed by atoms with Crippen molar-refractivity contribution in [3.8, 4) is 17.0 Å². The van der Waals surface area contributed by atoms with E-state index in [9.17, 15) is 4.79 Å². The molecule has 0 aliphatic rings. The number of anilines is 1. The maximum absolute atomic E-state index is 11.3. The minimum Gasteiger partial charge on any atom is -0.493 e. The quantitative estimate of drug-likeness (QED) is 0.822. The van der Waals surface area contributed by atoms with Gasteiger partial charge in [0.05, 0.1) is 18.8 Å². The molecule has 0 radical (unpaired) electrons. The topological polar surface area (TPSA) is 77.2 Å². The fourth-order valence-electron chi connectivity index (χ4n) is 1.83. The highest BCUT2D eigenvalue weighted by Crippen LogP contribution is 2.32. The van der Waals surface area contributed by atoms with Crippen molar-refractivity contribution in [3.63, 3.8) is 0 Å². The fourth-order valence-corrected chi connectivity index (χ4v) is 2.56. The van der Waals surface area contributed by atoms with Crippen LogP contribution in [0.15, 0.2) is 29.6 Å². The molecule has 2 aromatic rings. The van der Waals surface area contributed by atoms with Crippen LogP contribution in [0.25, 0.3) is 11.3 Å². The van der Waals surface area contributed by atoms with Crippen LogP contribution >= 0.6 is 11.3 Å². The number of carbonyl (C=O) groups excluding carboxylic acids is 1. The van der Waals surface area contributed by atoms with Crippen molar-refractivity contribution in [2.45, 2.75) is 20.3 Å². The lowest BCUT2D eigenvalue weighted by atomic mass is 10.1. The summed E-state index contributed by atoms with van der Waals surface area (Å²) in [4.78, 5) is 15.7. The Bertz CT molecular complexity index is 625. The van der Waals surface area contributed by atoms with Crippen LogP contribution in [0.2, 0.25) is 0 Å². The Hall–Kier alpha value is -1.92. The molecule has 0 aliphatic carbocycles. The van der Waals surface area contributed by atoms with Crippen LogP contribution in [0.5, 0.6) is 5.75 Å². The van der Waals surface area contributed by atoms with E-state index in [1.54, 1.807) is 0 Å². The third-order valence-electron chi connectivity index (χ3n) is 3.05. The smallest absolute Gasteiger partial charge is 0.239 e. The average Bonchev–Trinajstić information content (AvgIpc) is 2.95. The van der Waals surface area contributed by atoms with Gasteiger partial charge in [0.15, 0.2) is 5.13 Å². The minimum absolute atomic E-state index is 0.0518. The molecule has 0 saturated carbocycles. The van der Waals surface area contributed by atoms with Crippen molar-refractivity contribution in [1.29, 1.82) is 0 Å². The van der Waals surface area contributed by atoms with Gasteiger partial charge in [-0.05, 0) is 24.5 Å². The molecule has 1 amide bonds. The zero-order chi connectivity index (χ0) is 15.9. The Morgan fingerprint density at radius 3 is 2.91 bits per heavy atom. The van der Waals surface area contributed by atoms with Crippen LogP contribution in [-0.2, 0) is 4.79 Å². The van der Waals surface area contributed by atoms with Gasteiger partial charge in [0, 0.05) is 10.9 Å². The Morgan fingerprint density at radius 2 is 2.18 bits per heavy atom. The monoisotopic (exact) mass is 319 g/mol. The van der Waals surface area contributed by atoms with Crippen molar-refractivity contribution >= 4 is 22.4 Å². The zero-order valence-corrected chi connectivity index (χ0v) is 13.7. The molecule has 0 aliphatic heterocycles. The Kier molecular flexibility index (Phi) is 5.91. The van der Waals surface area contributed by atoms with E-state index in [1.165, 1.54) is 11.3 Å². The van der Waals surface area contributed by atoms with E-state index in [0.717, 1.165) is 23.4 Å². The summed E-state index contributed by atoms with van der Waals surface area (Å²) in [6, 6.07) is 7.79. The molecule has 118 valence electrons. The molecule has 0 spiro atoms. The normalized spacial score (nSPS) is 10.7. The first kappa shape index (κ1) is 16.5. The minimum atomic E-state index is -0.248. The number of nitrogens with two attached hydrogens (primary N) is 1. The molecule has 0 saturated heterocycles. The van der Waals surface area contributed by atoms with Crippen LogP contribution in [0, 0.1) is 5.92 Å². The van der Waals surface area contributed by atoms with E-state index in [1.807, 2.05) is 29.6 Å². The average molecular weight is 319 g/mol. The summed E-state index contributed by atoms with van der Waals surface area (Å²) in [5.74, 6) is 1.16. The van der Waals surface area contributed by atoms with Crippen LogP contribution in [0.4, 0.5) is 5.13 Å². The zero-order valence-electron chi connectivity index (χ0n) is 12.8. The molecule has 0 unspecified atom stereocenters. The number of nitrogens with one attached hydrogen (secondary N) is 1. The second-order valence-electron chi connectivity index (χ2n) is 5.32. The van der Waals surface area contributed by atoms with E-state index in [-0.39, 0.29) is 12.5 Å². The molecule has 6 heteroatoms. The summed E-state index contributed by atoms with van der Waals surface area (Å²) < 4.78 is 5.87. The lowest BCUT2D eigenvalue weighted by molar-refractivity contribution is -0.114. The molecular weight excluding hydrogens is 298 g/mol. The molecule has 22 heavy (non-hydrogen) atoms. The number of thiazole rings is 1. The Labute approximate surface area is 134 Å². The van der Waals surface area contributed by atoms with Crippen LogP contribution in [0.3, 0.4) is 0 Å². The van der Waals surface area contributed by atoms with E-state index in [2.05, 4.69) is 24.1 Å². The summed E-state index contributed by atoms with van der Waals surface area (Å²) >= 11 is 1.37. The maximum atomic E-state index is 11.3. The fraction of sp³-hybridized carbons (Fsp3) is 0.375. The second kappa shape index (κ2) is 7.91. The van der Waals surface area contributed by atoms with E-state index >= 15 is 0 Å². The number of ether oxygens (including phenoxy) is 1. The molecular formula is C16H21N3O2S. The van der Waals surface area contributed by atoms with E-state index < -0.39 is 0 Å². The molecule has 1 heterocycles. The summed E-state index contributed by atoms with van der Waals surface area (Å²) in [5, 5.41) is 5.11. The highest BCUT2D eigenvalue weighted by Gasteiger charge is 2.11. The van der Waals surface area contributed by atoms with Gasteiger partial charge in [-0.15, -0.1) is 11.3 Å². The number of amides is 1. The molecule has 0 fully saturated rings. The van der Waals surface area contributed by atoms with Crippen molar-refractivity contribution in [2.75, 3.05) is 18.5 Å². The van der Waals surface area contributed by atoms with Crippen molar-refractivity contribution in [2.24, 2.45) is 11.7 Å². The first-order valence-electron chi connectivity index (χ1n) is 7.27. The van der Waals surface area contributed by atoms with Gasteiger partial charge < -0.3 is 15.8 Å². The number of nitrogens with zero attached hydrogens (tertiary/aromatic N) is 1. The van der Waals surface area contributed by atoms with E-state index in [0.29, 0.717) is 17.7 Å². The Morgan fingerprint density at radius 1 is 1.41 bits per heavy atom. The number of benzene rings is 1. The lowest BCUT2D eigenvalue weighted by Gasteiger charge is -2.11. The highest BCUT2D eigenvalue weighted by molar-refractivity contribution is 7.14. The Balaban J connectivity index is 2.13. The number of hydrogen-bond acceptors (Lipinski definition) is 5. The molecule has 1 aromatic heterocycles. The van der Waals surface area contributed by atoms with Crippen molar-refractivity contribution in [3.05, 3.63) is 29.6 Å². The van der Waals surface area contributed by atoms with Gasteiger partial charge in [-0.2, -0.15) is 0 Å². The van der Waals surface area contributed by atoms with Crippen LogP contribution in [0.1, 0.15) is 20.3 Å². The summed E-state index contributed by atoms with van der Waals surface area (Å²) in [7, 11) is 0.